The molecular weight excluding hydrogens is 318 g/mol. The molecule has 3 rings (SSSR count). The predicted molar refractivity (Wildman–Crippen MR) is 95.4 cm³/mol. The van der Waals surface area contributed by atoms with Crippen LogP contribution in [0.4, 0.5) is 0 Å². The summed E-state index contributed by atoms with van der Waals surface area (Å²) in [5.74, 6) is 1.36. The molecule has 0 bridgehead atoms. The van der Waals surface area contributed by atoms with Crippen molar-refractivity contribution < 1.29 is 9.53 Å². The van der Waals surface area contributed by atoms with E-state index >= 15 is 0 Å². The van der Waals surface area contributed by atoms with Crippen LogP contribution in [-0.4, -0.2) is 64.9 Å². The molecule has 1 amide bonds. The molecule has 7 heteroatoms. The van der Waals surface area contributed by atoms with Gasteiger partial charge in [0.05, 0.1) is 13.2 Å². The number of carbonyl (C=O) groups is 1. The van der Waals surface area contributed by atoms with Gasteiger partial charge < -0.3 is 10.1 Å². The first-order valence-corrected chi connectivity index (χ1v) is 8.72. The standard InChI is InChI=1S/C18H25N5O2/c1-13(7-8-23-9-11-25-12-10-23)19-18(24)16-5-3-15(4-6-16)17-20-14(2)21-22-17/h3-6,13H,7-12H2,1-2H3,(H,19,24)(H,20,21,22). The number of rotatable bonds is 6. The Kier molecular flexibility index (Phi) is 5.78. The zero-order valence-corrected chi connectivity index (χ0v) is 14.8. The van der Waals surface area contributed by atoms with Crippen LogP contribution in [0.1, 0.15) is 29.5 Å². The number of hydrogen-bond acceptors (Lipinski definition) is 5. The Labute approximate surface area is 147 Å². The average Bonchev–Trinajstić information content (AvgIpc) is 3.07. The van der Waals surface area contributed by atoms with E-state index in [4.69, 9.17) is 4.74 Å². The van der Waals surface area contributed by atoms with E-state index in [0.717, 1.165) is 50.7 Å². The van der Waals surface area contributed by atoms with Crippen molar-refractivity contribution >= 4 is 5.91 Å². The van der Waals surface area contributed by atoms with E-state index in [9.17, 15) is 4.79 Å². The van der Waals surface area contributed by atoms with Crippen molar-refractivity contribution in [2.75, 3.05) is 32.8 Å². The zero-order chi connectivity index (χ0) is 17.6. The summed E-state index contributed by atoms with van der Waals surface area (Å²) in [6, 6.07) is 7.49. The van der Waals surface area contributed by atoms with Gasteiger partial charge in [-0.05, 0) is 32.4 Å². The number of aromatic amines is 1. The van der Waals surface area contributed by atoms with Crippen LogP contribution in [0.15, 0.2) is 24.3 Å². The first-order chi connectivity index (χ1) is 12.1. The number of aromatic nitrogens is 3. The van der Waals surface area contributed by atoms with E-state index in [1.165, 1.54) is 0 Å². The van der Waals surface area contributed by atoms with E-state index in [0.29, 0.717) is 11.4 Å². The Morgan fingerprint density at radius 2 is 2.04 bits per heavy atom. The topological polar surface area (TPSA) is 83.1 Å². The maximum absolute atomic E-state index is 12.4. The summed E-state index contributed by atoms with van der Waals surface area (Å²) >= 11 is 0. The lowest BCUT2D eigenvalue weighted by atomic mass is 10.1. The summed E-state index contributed by atoms with van der Waals surface area (Å²) in [6.07, 6.45) is 0.931. The normalized spacial score (nSPS) is 16.6. The second-order valence-electron chi connectivity index (χ2n) is 6.44. The minimum Gasteiger partial charge on any atom is -0.379 e. The molecule has 1 fully saturated rings. The van der Waals surface area contributed by atoms with Gasteiger partial charge >= 0.3 is 0 Å². The van der Waals surface area contributed by atoms with Crippen molar-refractivity contribution in [1.29, 1.82) is 0 Å². The number of hydrogen-bond donors (Lipinski definition) is 2. The van der Waals surface area contributed by atoms with Gasteiger partial charge in [-0.1, -0.05) is 12.1 Å². The smallest absolute Gasteiger partial charge is 0.251 e. The van der Waals surface area contributed by atoms with Gasteiger partial charge in [-0.25, -0.2) is 4.98 Å². The lowest BCUT2D eigenvalue weighted by Gasteiger charge is -2.27. The van der Waals surface area contributed by atoms with Crippen LogP contribution in [-0.2, 0) is 4.74 Å². The molecule has 2 heterocycles. The molecule has 1 atom stereocenters. The van der Waals surface area contributed by atoms with Gasteiger partial charge in [0.25, 0.3) is 5.91 Å². The number of morpholine rings is 1. The second kappa shape index (κ2) is 8.22. The van der Waals surface area contributed by atoms with E-state index in [1.807, 2.05) is 38.1 Å². The third kappa shape index (κ3) is 4.87. The minimum atomic E-state index is -0.0489. The molecule has 1 unspecified atom stereocenters. The molecule has 0 radical (unpaired) electrons. The molecule has 25 heavy (non-hydrogen) atoms. The average molecular weight is 343 g/mol. The number of H-pyrrole nitrogens is 1. The Morgan fingerprint density at radius 3 is 2.68 bits per heavy atom. The van der Waals surface area contributed by atoms with Crippen molar-refractivity contribution in [1.82, 2.24) is 25.4 Å². The number of ether oxygens (including phenoxy) is 1. The Balaban J connectivity index is 1.50. The molecule has 0 aliphatic carbocycles. The number of benzene rings is 1. The van der Waals surface area contributed by atoms with Gasteiger partial charge in [-0.2, -0.15) is 5.10 Å². The summed E-state index contributed by atoms with van der Waals surface area (Å²) in [5.41, 5.74) is 1.54. The van der Waals surface area contributed by atoms with Crippen LogP contribution in [0.3, 0.4) is 0 Å². The van der Waals surface area contributed by atoms with Crippen LogP contribution >= 0.6 is 0 Å². The molecule has 7 nitrogen and oxygen atoms in total. The molecule has 134 valence electrons. The highest BCUT2D eigenvalue weighted by atomic mass is 16.5. The summed E-state index contributed by atoms with van der Waals surface area (Å²) < 4.78 is 5.35. The summed E-state index contributed by atoms with van der Waals surface area (Å²) in [5, 5.41) is 10.0. The third-order valence-electron chi connectivity index (χ3n) is 4.36. The molecule has 2 N–H and O–H groups in total. The maximum Gasteiger partial charge on any atom is 0.251 e. The first-order valence-electron chi connectivity index (χ1n) is 8.72. The number of carbonyl (C=O) groups excluding carboxylic acids is 1. The predicted octanol–water partition coefficient (Wildman–Crippen LogP) is 1.62. The van der Waals surface area contributed by atoms with E-state index in [2.05, 4.69) is 25.4 Å². The van der Waals surface area contributed by atoms with Crippen LogP contribution in [0.2, 0.25) is 0 Å². The number of amides is 1. The Hall–Kier alpha value is -2.25. The second-order valence-corrected chi connectivity index (χ2v) is 6.44. The van der Waals surface area contributed by atoms with Crippen molar-refractivity contribution in [3.05, 3.63) is 35.7 Å². The SMILES string of the molecule is Cc1nc(-c2ccc(C(=O)NC(C)CCN3CCOCC3)cc2)n[nH]1. The molecule has 1 saturated heterocycles. The van der Waals surface area contributed by atoms with Gasteiger partial charge in [0, 0.05) is 36.8 Å². The molecular formula is C18H25N5O2. The fraction of sp³-hybridized carbons (Fsp3) is 0.500. The van der Waals surface area contributed by atoms with E-state index in [1.54, 1.807) is 0 Å². The number of nitrogens with zero attached hydrogens (tertiary/aromatic N) is 3. The van der Waals surface area contributed by atoms with Gasteiger partial charge in [-0.15, -0.1) is 0 Å². The maximum atomic E-state index is 12.4. The summed E-state index contributed by atoms with van der Waals surface area (Å²) in [7, 11) is 0. The van der Waals surface area contributed by atoms with Crippen molar-refractivity contribution in [2.24, 2.45) is 0 Å². The number of nitrogens with one attached hydrogen (secondary N) is 2. The Morgan fingerprint density at radius 1 is 1.32 bits per heavy atom. The Bertz CT molecular complexity index is 692. The highest BCUT2D eigenvalue weighted by Gasteiger charge is 2.14. The van der Waals surface area contributed by atoms with Crippen LogP contribution in [0, 0.1) is 6.92 Å². The quantitative estimate of drug-likeness (QED) is 0.833. The largest absolute Gasteiger partial charge is 0.379 e. The molecule has 1 aromatic carbocycles. The van der Waals surface area contributed by atoms with Gasteiger partial charge in [0.15, 0.2) is 5.82 Å². The molecule has 1 aliphatic rings. The monoisotopic (exact) mass is 343 g/mol. The zero-order valence-electron chi connectivity index (χ0n) is 14.8. The lowest BCUT2D eigenvalue weighted by molar-refractivity contribution is 0.0363. The highest BCUT2D eigenvalue weighted by Crippen LogP contribution is 2.15. The molecule has 1 aliphatic heterocycles. The summed E-state index contributed by atoms with van der Waals surface area (Å²) in [6.45, 7) is 8.44. The van der Waals surface area contributed by atoms with Gasteiger partial charge in [0.1, 0.15) is 5.82 Å². The van der Waals surface area contributed by atoms with Crippen molar-refractivity contribution in [2.45, 2.75) is 26.3 Å². The summed E-state index contributed by atoms with van der Waals surface area (Å²) in [4.78, 5) is 19.0. The molecule has 0 saturated carbocycles. The van der Waals surface area contributed by atoms with Crippen LogP contribution in [0.5, 0.6) is 0 Å². The fourth-order valence-electron chi connectivity index (χ4n) is 2.82. The van der Waals surface area contributed by atoms with Crippen molar-refractivity contribution in [3.8, 4) is 11.4 Å². The van der Waals surface area contributed by atoms with Gasteiger partial charge in [0.2, 0.25) is 0 Å². The third-order valence-corrected chi connectivity index (χ3v) is 4.36. The molecule has 1 aromatic heterocycles. The van der Waals surface area contributed by atoms with E-state index in [-0.39, 0.29) is 11.9 Å². The molecule has 0 spiro atoms. The first kappa shape index (κ1) is 17.6. The number of aryl methyl sites for hydroxylation is 1. The highest BCUT2D eigenvalue weighted by molar-refractivity contribution is 5.94. The van der Waals surface area contributed by atoms with E-state index < -0.39 is 0 Å². The van der Waals surface area contributed by atoms with Crippen LogP contribution in [0.25, 0.3) is 11.4 Å². The lowest BCUT2D eigenvalue weighted by Crippen LogP contribution is -2.40. The van der Waals surface area contributed by atoms with Crippen LogP contribution < -0.4 is 5.32 Å². The van der Waals surface area contributed by atoms with Crippen molar-refractivity contribution in [3.63, 3.8) is 0 Å². The fourth-order valence-corrected chi connectivity index (χ4v) is 2.82. The van der Waals surface area contributed by atoms with Gasteiger partial charge in [-0.3, -0.25) is 14.8 Å². The molecule has 2 aromatic rings. The minimum absolute atomic E-state index is 0.0489.